The number of hydrogen-bond acceptors (Lipinski definition) is 6. The maximum absolute atomic E-state index is 12.1. The summed E-state index contributed by atoms with van der Waals surface area (Å²) in [7, 11) is 1.93. The predicted molar refractivity (Wildman–Crippen MR) is 100 cm³/mol. The number of ether oxygens (including phenoxy) is 2. The number of halogens is 1. The molecule has 1 aromatic rings. The van der Waals surface area contributed by atoms with Gasteiger partial charge < -0.3 is 20.1 Å². The van der Waals surface area contributed by atoms with Gasteiger partial charge in [0.2, 0.25) is 5.91 Å². The third-order valence-electron chi connectivity index (χ3n) is 4.33. The van der Waals surface area contributed by atoms with Crippen molar-refractivity contribution in [3.8, 4) is 11.5 Å². The van der Waals surface area contributed by atoms with E-state index in [1.165, 1.54) is 0 Å². The highest BCUT2D eigenvalue weighted by molar-refractivity contribution is 6.01. The Balaban J connectivity index is 0.00000243. The molecule has 0 saturated carbocycles. The van der Waals surface area contributed by atoms with Crippen molar-refractivity contribution in [1.29, 1.82) is 0 Å². The van der Waals surface area contributed by atoms with Crippen molar-refractivity contribution in [2.75, 3.05) is 45.2 Å². The Kier molecular flexibility index (Phi) is 7.50. The Morgan fingerprint density at radius 3 is 2.77 bits per heavy atom. The predicted octanol–water partition coefficient (Wildman–Crippen LogP) is 1.21. The standard InChI is InChI=1S/C17H24N4O4.ClH/c1-18-13-3-2-6-21(10-13)11-16(22)20-17(23)19-12-4-5-14-15(9-12)25-8-7-24-14;/h4-5,9,13,18H,2-3,6-8,10-11H2,1H3,(H2,19,20,22,23);1H. The van der Waals surface area contributed by atoms with Gasteiger partial charge in [-0.25, -0.2) is 4.79 Å². The minimum absolute atomic E-state index is 0. The van der Waals surface area contributed by atoms with Gasteiger partial charge in [-0.15, -0.1) is 12.4 Å². The Morgan fingerprint density at radius 1 is 1.23 bits per heavy atom. The lowest BCUT2D eigenvalue weighted by atomic mass is 10.1. The second-order valence-corrected chi connectivity index (χ2v) is 6.22. The molecule has 1 atom stereocenters. The van der Waals surface area contributed by atoms with Crippen LogP contribution in [0.15, 0.2) is 18.2 Å². The number of nitrogens with zero attached hydrogens (tertiary/aromatic N) is 1. The van der Waals surface area contributed by atoms with E-state index >= 15 is 0 Å². The van der Waals surface area contributed by atoms with E-state index in [0.29, 0.717) is 36.4 Å². The molecule has 0 aliphatic carbocycles. The van der Waals surface area contributed by atoms with Crippen molar-refractivity contribution in [2.45, 2.75) is 18.9 Å². The van der Waals surface area contributed by atoms with Gasteiger partial charge in [-0.2, -0.15) is 0 Å². The molecule has 3 amide bonds. The fourth-order valence-corrected chi connectivity index (χ4v) is 3.09. The number of hydrogen-bond donors (Lipinski definition) is 3. The molecule has 0 spiro atoms. The fraction of sp³-hybridized carbons (Fsp3) is 0.529. The van der Waals surface area contributed by atoms with Crippen LogP contribution in [-0.2, 0) is 4.79 Å². The number of imide groups is 1. The second-order valence-electron chi connectivity index (χ2n) is 6.22. The first kappa shape index (κ1) is 20.3. The minimum atomic E-state index is -0.552. The number of rotatable bonds is 4. The van der Waals surface area contributed by atoms with Gasteiger partial charge in [0.25, 0.3) is 0 Å². The maximum atomic E-state index is 12.1. The highest BCUT2D eigenvalue weighted by Gasteiger charge is 2.21. The van der Waals surface area contributed by atoms with Crippen molar-refractivity contribution in [3.05, 3.63) is 18.2 Å². The van der Waals surface area contributed by atoms with Gasteiger partial charge in [-0.3, -0.25) is 15.0 Å². The lowest BCUT2D eigenvalue weighted by Crippen LogP contribution is -2.49. The molecular formula is C17H25ClN4O4. The van der Waals surface area contributed by atoms with Crippen LogP contribution in [0.4, 0.5) is 10.5 Å². The quantitative estimate of drug-likeness (QED) is 0.722. The van der Waals surface area contributed by atoms with Gasteiger partial charge >= 0.3 is 6.03 Å². The van der Waals surface area contributed by atoms with Crippen LogP contribution in [0.3, 0.4) is 0 Å². The van der Waals surface area contributed by atoms with E-state index in [1.54, 1.807) is 18.2 Å². The SMILES string of the molecule is CNC1CCCN(CC(=O)NC(=O)Nc2ccc3c(c2)OCCO3)C1.Cl. The molecule has 2 aliphatic heterocycles. The molecular weight excluding hydrogens is 360 g/mol. The fourth-order valence-electron chi connectivity index (χ4n) is 3.09. The van der Waals surface area contributed by atoms with Crippen LogP contribution in [-0.4, -0.2) is 62.8 Å². The average Bonchev–Trinajstić information content (AvgIpc) is 2.61. The van der Waals surface area contributed by atoms with Crippen LogP contribution in [0.2, 0.25) is 0 Å². The van der Waals surface area contributed by atoms with Crippen molar-refractivity contribution in [2.24, 2.45) is 0 Å². The highest BCUT2D eigenvalue weighted by atomic mass is 35.5. The average molecular weight is 385 g/mol. The van der Waals surface area contributed by atoms with Gasteiger partial charge in [0.1, 0.15) is 13.2 Å². The van der Waals surface area contributed by atoms with Gasteiger partial charge in [-0.1, -0.05) is 0 Å². The molecule has 144 valence electrons. The third kappa shape index (κ3) is 5.48. The normalized spacial score (nSPS) is 19.2. The maximum Gasteiger partial charge on any atom is 0.325 e. The van der Waals surface area contributed by atoms with Crippen LogP contribution in [0.1, 0.15) is 12.8 Å². The zero-order valence-electron chi connectivity index (χ0n) is 14.7. The summed E-state index contributed by atoms with van der Waals surface area (Å²) in [4.78, 5) is 26.1. The Labute approximate surface area is 159 Å². The number of carbonyl (C=O) groups is 2. The van der Waals surface area contributed by atoms with Crippen LogP contribution in [0.5, 0.6) is 11.5 Å². The van der Waals surface area contributed by atoms with Gasteiger partial charge in [0, 0.05) is 24.3 Å². The van der Waals surface area contributed by atoms with E-state index in [0.717, 1.165) is 25.9 Å². The van der Waals surface area contributed by atoms with Crippen molar-refractivity contribution >= 4 is 30.0 Å². The van der Waals surface area contributed by atoms with E-state index in [-0.39, 0.29) is 24.9 Å². The number of benzene rings is 1. The zero-order valence-corrected chi connectivity index (χ0v) is 15.6. The lowest BCUT2D eigenvalue weighted by Gasteiger charge is -2.31. The smallest absolute Gasteiger partial charge is 0.325 e. The van der Waals surface area contributed by atoms with Gasteiger partial charge in [-0.05, 0) is 38.6 Å². The molecule has 1 fully saturated rings. The molecule has 1 saturated heterocycles. The van der Waals surface area contributed by atoms with Crippen molar-refractivity contribution < 1.29 is 19.1 Å². The summed E-state index contributed by atoms with van der Waals surface area (Å²) >= 11 is 0. The largest absolute Gasteiger partial charge is 0.486 e. The molecule has 0 radical (unpaired) electrons. The molecule has 2 aliphatic rings. The first-order valence-corrected chi connectivity index (χ1v) is 8.54. The number of likely N-dealkylation sites (N-methyl/N-ethyl adjacent to an activating group) is 1. The van der Waals surface area contributed by atoms with E-state index in [4.69, 9.17) is 9.47 Å². The third-order valence-corrected chi connectivity index (χ3v) is 4.33. The number of amides is 3. The van der Waals surface area contributed by atoms with Crippen molar-refractivity contribution in [3.63, 3.8) is 0 Å². The Hall–Kier alpha value is -2.03. The number of fused-ring (bicyclic) bond motifs is 1. The first-order valence-electron chi connectivity index (χ1n) is 8.54. The second kappa shape index (κ2) is 9.61. The van der Waals surface area contributed by atoms with Crippen molar-refractivity contribution in [1.82, 2.24) is 15.5 Å². The highest BCUT2D eigenvalue weighted by Crippen LogP contribution is 2.32. The summed E-state index contributed by atoms with van der Waals surface area (Å²) in [5.41, 5.74) is 0.544. The summed E-state index contributed by atoms with van der Waals surface area (Å²) in [6.07, 6.45) is 2.15. The molecule has 3 rings (SSSR count). The Bertz CT molecular complexity index is 643. The van der Waals surface area contributed by atoms with Gasteiger partial charge in [0.05, 0.1) is 6.54 Å². The van der Waals surface area contributed by atoms with Crippen LogP contribution >= 0.6 is 12.4 Å². The van der Waals surface area contributed by atoms with E-state index in [2.05, 4.69) is 20.9 Å². The number of anilines is 1. The topological polar surface area (TPSA) is 91.9 Å². The molecule has 26 heavy (non-hydrogen) atoms. The Morgan fingerprint density at radius 2 is 2.00 bits per heavy atom. The number of piperidine rings is 1. The van der Waals surface area contributed by atoms with Crippen LogP contribution in [0, 0.1) is 0 Å². The number of carbonyl (C=O) groups excluding carboxylic acids is 2. The molecule has 8 nitrogen and oxygen atoms in total. The van der Waals surface area contributed by atoms with E-state index in [1.807, 2.05) is 7.05 Å². The molecule has 2 heterocycles. The van der Waals surface area contributed by atoms with E-state index in [9.17, 15) is 9.59 Å². The summed E-state index contributed by atoms with van der Waals surface area (Å²) in [5, 5.41) is 8.24. The summed E-state index contributed by atoms with van der Waals surface area (Å²) < 4.78 is 10.9. The molecule has 1 aromatic carbocycles. The molecule has 0 bridgehead atoms. The molecule has 9 heteroatoms. The number of likely N-dealkylation sites (tertiary alicyclic amines) is 1. The monoisotopic (exact) mass is 384 g/mol. The lowest BCUT2D eigenvalue weighted by molar-refractivity contribution is -0.121. The summed E-state index contributed by atoms with van der Waals surface area (Å²) in [6, 6.07) is 4.97. The van der Waals surface area contributed by atoms with E-state index < -0.39 is 6.03 Å². The molecule has 3 N–H and O–H groups in total. The minimum Gasteiger partial charge on any atom is -0.486 e. The summed E-state index contributed by atoms with van der Waals surface area (Å²) in [6.45, 7) is 2.89. The number of urea groups is 1. The van der Waals surface area contributed by atoms with Crippen LogP contribution < -0.4 is 25.4 Å². The van der Waals surface area contributed by atoms with Crippen LogP contribution in [0.25, 0.3) is 0 Å². The van der Waals surface area contributed by atoms with Gasteiger partial charge in [0.15, 0.2) is 11.5 Å². The summed E-state index contributed by atoms with van der Waals surface area (Å²) in [5.74, 6) is 0.922. The molecule has 0 aromatic heterocycles. The first-order chi connectivity index (χ1) is 12.1. The number of nitrogens with one attached hydrogen (secondary N) is 3. The zero-order chi connectivity index (χ0) is 17.6. The molecule has 1 unspecified atom stereocenters.